The van der Waals surface area contributed by atoms with Crippen molar-refractivity contribution in [1.29, 1.82) is 5.41 Å². The number of primary sulfonamides is 1. The van der Waals surface area contributed by atoms with Crippen molar-refractivity contribution in [1.82, 2.24) is 15.3 Å². The summed E-state index contributed by atoms with van der Waals surface area (Å²) in [7, 11) is -4.17. The smallest absolute Gasteiger partial charge is 0.238 e. The van der Waals surface area contributed by atoms with Gasteiger partial charge >= 0.3 is 0 Å². The molecule has 0 spiro atoms. The number of sulfonamides is 1. The van der Waals surface area contributed by atoms with Crippen LogP contribution in [0.25, 0.3) is 33.5 Å². The van der Waals surface area contributed by atoms with Crippen LogP contribution in [0.4, 0.5) is 0 Å². The zero-order chi connectivity index (χ0) is 29.6. The van der Waals surface area contributed by atoms with Gasteiger partial charge in [0.05, 0.1) is 33.5 Å². The van der Waals surface area contributed by atoms with E-state index in [1.807, 2.05) is 0 Å². The fraction of sp³-hybridized carbons (Fsp3) is 0.154. The Morgan fingerprint density at radius 1 is 1.02 bits per heavy atom. The number of aromatic amines is 1. The van der Waals surface area contributed by atoms with Gasteiger partial charge in [0.25, 0.3) is 0 Å². The van der Waals surface area contributed by atoms with Crippen LogP contribution in [0.1, 0.15) is 25.0 Å². The third-order valence-electron chi connectivity index (χ3n) is 6.46. The van der Waals surface area contributed by atoms with E-state index in [2.05, 4.69) is 15.3 Å². The highest BCUT2D eigenvalue weighted by atomic mass is 32.2. The second kappa shape index (κ2) is 9.98. The Bertz CT molecular complexity index is 1810. The first-order chi connectivity index (χ1) is 18.6. The van der Waals surface area contributed by atoms with Crippen LogP contribution in [0.3, 0.4) is 0 Å². The van der Waals surface area contributed by atoms with Gasteiger partial charge in [-0.25, -0.2) is 18.5 Å². The van der Waals surface area contributed by atoms with Crippen LogP contribution in [0.15, 0.2) is 53.4 Å². The number of benzene rings is 3. The maximum Gasteiger partial charge on any atom is 0.238 e. The summed E-state index contributed by atoms with van der Waals surface area (Å²) >= 11 is 0. The van der Waals surface area contributed by atoms with E-state index in [9.17, 15) is 28.2 Å². The number of nitrogen functional groups attached to an aromatic ring is 1. The highest BCUT2D eigenvalue weighted by molar-refractivity contribution is 7.89. The molecule has 0 saturated carbocycles. The van der Waals surface area contributed by atoms with Crippen LogP contribution >= 0.6 is 0 Å². The molecule has 208 valence electrons. The van der Waals surface area contributed by atoms with Crippen LogP contribution in [0, 0.1) is 5.41 Å². The number of phenolic OH excluding ortho intramolecular Hbond substituents is 2. The number of hydrogen-bond acceptors (Lipinski definition) is 8. The van der Waals surface area contributed by atoms with Gasteiger partial charge in [0.1, 0.15) is 23.2 Å². The van der Waals surface area contributed by atoms with Gasteiger partial charge in [-0.1, -0.05) is 0 Å². The Balaban J connectivity index is 2.00. The number of amidine groups is 1. The molecule has 0 aliphatic carbocycles. The molecule has 0 aliphatic rings. The van der Waals surface area contributed by atoms with Crippen molar-refractivity contribution >= 4 is 38.7 Å². The van der Waals surface area contributed by atoms with Gasteiger partial charge < -0.3 is 32.0 Å². The number of nitrogens with zero attached hydrogens (tertiary/aromatic N) is 1. The Morgan fingerprint density at radius 3 is 2.33 bits per heavy atom. The van der Waals surface area contributed by atoms with Gasteiger partial charge in [0.2, 0.25) is 21.8 Å². The average molecular weight is 566 g/mol. The Hall–Kier alpha value is -4.95. The number of carbonyl (C=O) groups excluding carboxylic acids is 2. The van der Waals surface area contributed by atoms with Gasteiger partial charge in [-0.15, -0.1) is 0 Å². The summed E-state index contributed by atoms with van der Waals surface area (Å²) in [6.45, 7) is 2.74. The SMILES string of the molecule is CC(C)(C(=O)NCC(N)=O)c1cc(-c2nc3cc(C(=N)N)ccc3[nH]2)c(O)c(-c2cc(S(N)(=O)=O)ccc2O)c1. The molecule has 0 saturated heterocycles. The van der Waals surface area contributed by atoms with Crippen molar-refractivity contribution in [3.8, 4) is 34.0 Å². The monoisotopic (exact) mass is 565 g/mol. The van der Waals surface area contributed by atoms with Gasteiger partial charge in [-0.2, -0.15) is 0 Å². The number of imidazole rings is 1. The molecule has 0 aliphatic heterocycles. The van der Waals surface area contributed by atoms with E-state index in [-0.39, 0.29) is 44.7 Å². The summed E-state index contributed by atoms with van der Waals surface area (Å²) < 4.78 is 24.0. The van der Waals surface area contributed by atoms with Crippen molar-refractivity contribution in [2.45, 2.75) is 24.2 Å². The second-order valence-corrected chi connectivity index (χ2v) is 11.2. The summed E-state index contributed by atoms with van der Waals surface area (Å²) in [5, 5.41) is 37.5. The lowest BCUT2D eigenvalue weighted by Gasteiger charge is -2.26. The molecule has 40 heavy (non-hydrogen) atoms. The predicted octanol–water partition coefficient (Wildman–Crippen LogP) is 1.12. The Kier molecular flexibility index (Phi) is 7.00. The standard InChI is InChI=1S/C26H27N7O6S/c1-26(2,25(37)31-11-21(27)35)13-8-16(15-10-14(40(30,38)39)4-6-20(15)34)22(36)17(9-13)24-32-18-5-3-12(23(28)29)7-19(18)33-24/h3-10,34,36H,11H2,1-2H3,(H2,27,35)(H3,28,29)(H,31,37)(H,32,33)(H2,30,38,39). The highest BCUT2D eigenvalue weighted by Gasteiger charge is 2.33. The maximum atomic E-state index is 13.1. The van der Waals surface area contributed by atoms with Gasteiger partial charge in [0, 0.05) is 16.7 Å². The molecule has 11 N–H and O–H groups in total. The molecule has 0 radical (unpaired) electrons. The lowest BCUT2D eigenvalue weighted by atomic mass is 9.80. The molecule has 0 bridgehead atoms. The molecule has 0 fully saturated rings. The molecule has 1 heterocycles. The van der Waals surface area contributed by atoms with Crippen molar-refractivity contribution in [2.24, 2.45) is 16.6 Å². The van der Waals surface area contributed by atoms with E-state index in [1.54, 1.807) is 32.0 Å². The van der Waals surface area contributed by atoms with Crippen molar-refractivity contribution < 1.29 is 28.2 Å². The number of amides is 2. The van der Waals surface area contributed by atoms with Crippen LogP contribution in [0.2, 0.25) is 0 Å². The minimum atomic E-state index is -4.17. The van der Waals surface area contributed by atoms with E-state index >= 15 is 0 Å². The normalized spacial score (nSPS) is 11.9. The molecule has 4 aromatic rings. The lowest BCUT2D eigenvalue weighted by molar-refractivity contribution is -0.128. The van der Waals surface area contributed by atoms with Crippen molar-refractivity contribution in [2.75, 3.05) is 6.54 Å². The summed E-state index contributed by atoms with van der Waals surface area (Å²) in [4.78, 5) is 31.6. The number of phenols is 2. The highest BCUT2D eigenvalue weighted by Crippen LogP contribution is 2.44. The minimum Gasteiger partial charge on any atom is -0.507 e. The molecular weight excluding hydrogens is 538 g/mol. The first-order valence-electron chi connectivity index (χ1n) is 11.7. The zero-order valence-electron chi connectivity index (χ0n) is 21.4. The number of aromatic nitrogens is 2. The summed E-state index contributed by atoms with van der Waals surface area (Å²) in [6.07, 6.45) is 0. The summed E-state index contributed by atoms with van der Waals surface area (Å²) in [5.74, 6) is -2.04. The number of primary amides is 1. The largest absolute Gasteiger partial charge is 0.507 e. The number of fused-ring (bicyclic) bond motifs is 1. The van der Waals surface area contributed by atoms with E-state index in [0.29, 0.717) is 22.2 Å². The predicted molar refractivity (Wildman–Crippen MR) is 148 cm³/mol. The van der Waals surface area contributed by atoms with E-state index in [0.717, 1.165) is 18.2 Å². The molecule has 13 nitrogen and oxygen atoms in total. The van der Waals surface area contributed by atoms with Gasteiger partial charge in [-0.05, 0) is 67.9 Å². The molecule has 0 unspecified atom stereocenters. The topological polar surface area (TPSA) is 251 Å². The third kappa shape index (κ3) is 5.30. The first-order valence-corrected chi connectivity index (χ1v) is 13.3. The molecule has 2 amide bonds. The molecule has 3 aromatic carbocycles. The lowest BCUT2D eigenvalue weighted by Crippen LogP contribution is -2.43. The van der Waals surface area contributed by atoms with Crippen LogP contribution < -0.4 is 21.9 Å². The first kappa shape index (κ1) is 28.1. The number of nitrogens with one attached hydrogen (secondary N) is 3. The number of hydrogen-bond donors (Lipinski definition) is 8. The Morgan fingerprint density at radius 2 is 1.70 bits per heavy atom. The van der Waals surface area contributed by atoms with E-state index in [4.69, 9.17) is 22.0 Å². The molecule has 4 rings (SSSR count). The van der Waals surface area contributed by atoms with Crippen molar-refractivity contribution in [3.05, 3.63) is 59.7 Å². The summed E-state index contributed by atoms with van der Waals surface area (Å²) in [5.41, 5.74) is 11.2. The number of nitrogens with two attached hydrogens (primary N) is 3. The zero-order valence-corrected chi connectivity index (χ0v) is 22.3. The van der Waals surface area contributed by atoms with Crippen LogP contribution in [-0.4, -0.2) is 52.8 Å². The van der Waals surface area contributed by atoms with E-state index < -0.39 is 33.8 Å². The fourth-order valence-corrected chi connectivity index (χ4v) is 4.65. The molecule has 1 aromatic heterocycles. The van der Waals surface area contributed by atoms with E-state index in [1.165, 1.54) is 12.1 Å². The average Bonchev–Trinajstić information content (AvgIpc) is 3.30. The maximum absolute atomic E-state index is 13.1. The number of rotatable bonds is 8. The molecular formula is C26H27N7O6S. The second-order valence-electron chi connectivity index (χ2n) is 9.65. The summed E-state index contributed by atoms with van der Waals surface area (Å²) in [6, 6.07) is 11.1. The number of H-pyrrole nitrogens is 1. The molecule has 14 heteroatoms. The van der Waals surface area contributed by atoms with Crippen LogP contribution in [0.5, 0.6) is 11.5 Å². The van der Waals surface area contributed by atoms with Crippen molar-refractivity contribution in [3.63, 3.8) is 0 Å². The number of aromatic hydroxyl groups is 2. The third-order valence-corrected chi connectivity index (χ3v) is 7.37. The fourth-order valence-electron chi connectivity index (χ4n) is 4.11. The van der Waals surface area contributed by atoms with Gasteiger partial charge in [-0.3, -0.25) is 15.0 Å². The quantitative estimate of drug-likeness (QED) is 0.113. The molecule has 0 atom stereocenters. The van der Waals surface area contributed by atoms with Gasteiger partial charge in [0.15, 0.2) is 0 Å². The van der Waals surface area contributed by atoms with Crippen LogP contribution in [-0.2, 0) is 25.0 Å². The Labute approximate surface area is 228 Å². The number of carbonyl (C=O) groups is 2. The minimum absolute atomic E-state index is 0.0174.